The largest absolute Gasteiger partial charge is 0.338 e. The summed E-state index contributed by atoms with van der Waals surface area (Å²) in [4.78, 5) is 14.2. The van der Waals surface area contributed by atoms with E-state index < -0.39 is 5.82 Å². The Morgan fingerprint density at radius 1 is 1.29 bits per heavy atom. The molecule has 1 aromatic carbocycles. The maximum atomic E-state index is 13.8. The van der Waals surface area contributed by atoms with E-state index in [0.29, 0.717) is 18.5 Å². The second-order valence-corrected chi connectivity index (χ2v) is 6.22. The zero-order chi connectivity index (χ0) is 14.2. The summed E-state index contributed by atoms with van der Waals surface area (Å²) in [5.41, 5.74) is 0.352. The first-order valence-corrected chi connectivity index (χ1v) is 7.43. The second kappa shape index (κ2) is 6.51. The number of hydrogen-bond acceptors (Lipinski definition) is 2. The highest BCUT2D eigenvalue weighted by Crippen LogP contribution is 2.37. The van der Waals surface area contributed by atoms with Crippen LogP contribution in [0, 0.1) is 11.2 Å². The molecule has 0 aromatic heterocycles. The number of nitrogens with one attached hydrogen (secondary N) is 1. The van der Waals surface area contributed by atoms with Crippen LogP contribution < -0.4 is 5.32 Å². The topological polar surface area (TPSA) is 32.3 Å². The standard InChI is InChI=1S/C15H18ClFN2O.ClH/c16-11-2-1-3-12(17)13(11)14(20)19-8-5-15(6-9-19)4-7-18-10-15;/h1-3,18H,4-10H2;1H. The monoisotopic (exact) mass is 332 g/mol. The van der Waals surface area contributed by atoms with Crippen molar-refractivity contribution >= 4 is 29.9 Å². The highest BCUT2D eigenvalue weighted by atomic mass is 35.5. The van der Waals surface area contributed by atoms with Crippen molar-refractivity contribution in [2.75, 3.05) is 26.2 Å². The highest BCUT2D eigenvalue weighted by Gasteiger charge is 2.38. The number of rotatable bonds is 1. The zero-order valence-electron chi connectivity index (χ0n) is 11.7. The van der Waals surface area contributed by atoms with Crippen LogP contribution in [-0.2, 0) is 0 Å². The molecule has 3 nitrogen and oxygen atoms in total. The van der Waals surface area contributed by atoms with Crippen LogP contribution in [-0.4, -0.2) is 37.0 Å². The molecule has 6 heteroatoms. The van der Waals surface area contributed by atoms with Gasteiger partial charge in [0, 0.05) is 19.6 Å². The normalized spacial score (nSPS) is 20.4. The lowest BCUT2D eigenvalue weighted by Crippen LogP contribution is -2.44. The van der Waals surface area contributed by atoms with Crippen molar-refractivity contribution in [1.82, 2.24) is 10.2 Å². The summed E-state index contributed by atoms with van der Waals surface area (Å²) in [6, 6.07) is 4.36. The summed E-state index contributed by atoms with van der Waals surface area (Å²) in [6.07, 6.45) is 3.14. The number of piperidine rings is 1. The molecule has 1 aromatic rings. The number of halogens is 3. The van der Waals surface area contributed by atoms with Gasteiger partial charge in [-0.15, -0.1) is 12.4 Å². The van der Waals surface area contributed by atoms with E-state index in [1.165, 1.54) is 18.6 Å². The van der Waals surface area contributed by atoms with Gasteiger partial charge in [0.2, 0.25) is 0 Å². The predicted molar refractivity (Wildman–Crippen MR) is 83.7 cm³/mol. The molecule has 3 rings (SSSR count). The molecule has 2 heterocycles. The molecule has 0 unspecified atom stereocenters. The van der Waals surface area contributed by atoms with Gasteiger partial charge in [-0.2, -0.15) is 0 Å². The van der Waals surface area contributed by atoms with Gasteiger partial charge in [-0.3, -0.25) is 4.79 Å². The smallest absolute Gasteiger partial charge is 0.258 e. The lowest BCUT2D eigenvalue weighted by atomic mass is 9.78. The summed E-state index contributed by atoms with van der Waals surface area (Å²) in [6.45, 7) is 3.47. The minimum absolute atomic E-state index is 0. The van der Waals surface area contributed by atoms with Crippen LogP contribution in [0.1, 0.15) is 29.6 Å². The Hall–Kier alpha value is -0.840. The van der Waals surface area contributed by atoms with Crippen molar-refractivity contribution < 1.29 is 9.18 Å². The second-order valence-electron chi connectivity index (χ2n) is 5.82. The van der Waals surface area contributed by atoms with Crippen molar-refractivity contribution in [3.05, 3.63) is 34.6 Å². The molecular weight excluding hydrogens is 314 g/mol. The lowest BCUT2D eigenvalue weighted by Gasteiger charge is -2.39. The Kier molecular flexibility index (Phi) is 5.12. The summed E-state index contributed by atoms with van der Waals surface area (Å²) in [7, 11) is 0. The van der Waals surface area contributed by atoms with Crippen LogP contribution in [0.4, 0.5) is 4.39 Å². The van der Waals surface area contributed by atoms with Gasteiger partial charge >= 0.3 is 0 Å². The van der Waals surface area contributed by atoms with E-state index in [1.54, 1.807) is 11.0 Å². The average Bonchev–Trinajstić information content (AvgIpc) is 2.87. The van der Waals surface area contributed by atoms with Crippen LogP contribution in [0.5, 0.6) is 0 Å². The molecule has 1 N–H and O–H groups in total. The molecule has 0 radical (unpaired) electrons. The molecule has 1 spiro atoms. The summed E-state index contributed by atoms with van der Waals surface area (Å²) >= 11 is 5.97. The van der Waals surface area contributed by atoms with Crippen molar-refractivity contribution in [2.45, 2.75) is 19.3 Å². The van der Waals surface area contributed by atoms with Gasteiger partial charge in [-0.1, -0.05) is 17.7 Å². The highest BCUT2D eigenvalue weighted by molar-refractivity contribution is 6.33. The average molecular weight is 333 g/mol. The Labute approximate surface area is 135 Å². The third kappa shape index (κ3) is 3.17. The molecule has 1 amide bonds. The molecule has 0 bridgehead atoms. The minimum Gasteiger partial charge on any atom is -0.338 e. The van der Waals surface area contributed by atoms with Gasteiger partial charge in [-0.05, 0) is 43.4 Å². The van der Waals surface area contributed by atoms with E-state index in [1.807, 2.05) is 0 Å². The number of carbonyl (C=O) groups is 1. The lowest BCUT2D eigenvalue weighted by molar-refractivity contribution is 0.0603. The number of hydrogen-bond donors (Lipinski definition) is 1. The fourth-order valence-corrected chi connectivity index (χ4v) is 3.51. The molecule has 0 aliphatic carbocycles. The molecule has 2 aliphatic rings. The quantitative estimate of drug-likeness (QED) is 0.856. The number of carbonyl (C=O) groups excluding carboxylic acids is 1. The van der Waals surface area contributed by atoms with E-state index >= 15 is 0 Å². The van der Waals surface area contributed by atoms with Crippen LogP contribution in [0.3, 0.4) is 0 Å². The fourth-order valence-electron chi connectivity index (χ4n) is 3.27. The van der Waals surface area contributed by atoms with E-state index in [-0.39, 0.29) is 28.9 Å². The molecule has 116 valence electrons. The number of amides is 1. The maximum Gasteiger partial charge on any atom is 0.258 e. The first-order chi connectivity index (χ1) is 9.61. The van der Waals surface area contributed by atoms with Crippen molar-refractivity contribution in [3.8, 4) is 0 Å². The van der Waals surface area contributed by atoms with Crippen LogP contribution in [0.25, 0.3) is 0 Å². The van der Waals surface area contributed by atoms with E-state index in [9.17, 15) is 9.18 Å². The number of benzene rings is 1. The van der Waals surface area contributed by atoms with Gasteiger partial charge in [0.1, 0.15) is 5.82 Å². The zero-order valence-corrected chi connectivity index (χ0v) is 13.3. The molecule has 0 atom stereocenters. The molecule has 0 saturated carbocycles. The SMILES string of the molecule is Cl.O=C(c1c(F)cccc1Cl)N1CCC2(CCNC2)CC1. The first kappa shape index (κ1) is 16.5. The summed E-state index contributed by atoms with van der Waals surface area (Å²) < 4.78 is 13.8. The Morgan fingerprint density at radius 2 is 2.00 bits per heavy atom. The van der Waals surface area contributed by atoms with Gasteiger partial charge < -0.3 is 10.2 Å². The summed E-state index contributed by atoms with van der Waals surface area (Å²) in [5, 5.41) is 3.58. The molecule has 21 heavy (non-hydrogen) atoms. The molecular formula is C15H19Cl2FN2O. The van der Waals surface area contributed by atoms with Crippen LogP contribution in [0.15, 0.2) is 18.2 Å². The number of nitrogens with zero attached hydrogens (tertiary/aromatic N) is 1. The van der Waals surface area contributed by atoms with E-state index in [2.05, 4.69) is 5.32 Å². The predicted octanol–water partition coefficient (Wildman–Crippen LogP) is 3.12. The van der Waals surface area contributed by atoms with Gasteiger partial charge in [0.25, 0.3) is 5.91 Å². The van der Waals surface area contributed by atoms with Gasteiger partial charge in [-0.25, -0.2) is 4.39 Å². The number of likely N-dealkylation sites (tertiary alicyclic amines) is 1. The van der Waals surface area contributed by atoms with Crippen molar-refractivity contribution in [2.24, 2.45) is 5.41 Å². The maximum absolute atomic E-state index is 13.8. The third-order valence-electron chi connectivity index (χ3n) is 4.62. The third-order valence-corrected chi connectivity index (χ3v) is 4.94. The Balaban J connectivity index is 0.00000161. The van der Waals surface area contributed by atoms with Crippen LogP contribution >= 0.6 is 24.0 Å². The molecule has 2 fully saturated rings. The molecule has 2 aliphatic heterocycles. The Bertz CT molecular complexity index is 502. The minimum atomic E-state index is -0.537. The van der Waals surface area contributed by atoms with Crippen molar-refractivity contribution in [1.29, 1.82) is 0 Å². The first-order valence-electron chi connectivity index (χ1n) is 7.05. The van der Waals surface area contributed by atoms with Gasteiger partial charge in [0.15, 0.2) is 0 Å². The van der Waals surface area contributed by atoms with Crippen molar-refractivity contribution in [3.63, 3.8) is 0 Å². The summed E-state index contributed by atoms with van der Waals surface area (Å²) in [5.74, 6) is -0.820. The fraction of sp³-hybridized carbons (Fsp3) is 0.533. The van der Waals surface area contributed by atoms with E-state index in [0.717, 1.165) is 25.9 Å². The molecule has 2 saturated heterocycles. The van der Waals surface area contributed by atoms with Gasteiger partial charge in [0.05, 0.1) is 10.6 Å². The van der Waals surface area contributed by atoms with Crippen LogP contribution in [0.2, 0.25) is 5.02 Å². The Morgan fingerprint density at radius 3 is 2.57 bits per heavy atom. The van der Waals surface area contributed by atoms with E-state index in [4.69, 9.17) is 11.6 Å².